The zero-order valence-corrected chi connectivity index (χ0v) is 20.7. The van der Waals surface area contributed by atoms with E-state index in [0.29, 0.717) is 23.3 Å². The van der Waals surface area contributed by atoms with E-state index < -0.39 is 47.6 Å². The molecule has 0 aliphatic carbocycles. The smallest absolute Gasteiger partial charge is 0.239 e. The number of fused-ring (bicyclic) bond motifs is 1. The minimum absolute atomic E-state index is 0.0316. The largest absolute Gasteiger partial charge is 0.507 e. The maximum Gasteiger partial charge on any atom is 0.239 e. The molecule has 5 N–H and O–H groups in total. The lowest BCUT2D eigenvalue weighted by atomic mass is 9.99. The van der Waals surface area contributed by atoms with Gasteiger partial charge in [-0.1, -0.05) is 5.57 Å². The summed E-state index contributed by atoms with van der Waals surface area (Å²) in [5.74, 6) is -0.694. The van der Waals surface area contributed by atoms with Crippen LogP contribution in [0.4, 0.5) is 0 Å². The summed E-state index contributed by atoms with van der Waals surface area (Å²) in [4.78, 5) is 13.8. The number of hydrogen-bond donors (Lipinski definition) is 5. The van der Waals surface area contributed by atoms with Crippen LogP contribution >= 0.6 is 0 Å². The molecule has 37 heavy (non-hydrogen) atoms. The molecule has 0 unspecified atom stereocenters. The topological polar surface area (TPSA) is 159 Å². The number of aliphatic hydroxyl groups is 3. The van der Waals surface area contributed by atoms with Gasteiger partial charge in [-0.25, -0.2) is 0 Å². The quantitative estimate of drug-likeness (QED) is 0.297. The molecule has 5 atom stereocenters. The highest BCUT2D eigenvalue weighted by Crippen LogP contribution is 2.40. The maximum atomic E-state index is 13.8. The van der Waals surface area contributed by atoms with Crippen molar-refractivity contribution >= 4 is 11.0 Å². The predicted molar refractivity (Wildman–Crippen MR) is 134 cm³/mol. The molecule has 3 aromatic rings. The number of aliphatic hydroxyl groups excluding tert-OH is 3. The third-order valence-corrected chi connectivity index (χ3v) is 6.38. The van der Waals surface area contributed by atoms with Gasteiger partial charge in [0.1, 0.15) is 46.5 Å². The highest BCUT2D eigenvalue weighted by molar-refractivity contribution is 5.91. The van der Waals surface area contributed by atoms with Crippen molar-refractivity contribution in [1.82, 2.24) is 0 Å². The standard InChI is InChI=1S/C27H30O10/c1-12(2)5-10-16-17(28)11-18(29)19-21(31)26(37-27-23(33)22(32)20(30)13(3)35-27)24(36-25(16)19)14-6-8-15(34-4)9-7-14/h6-9,11,13,20,22-23,27-30,32-33H,1,5,10H2,2-4H3/t13-,20-,22+,23+,27-/m0/s1. The molecule has 1 aromatic heterocycles. The van der Waals surface area contributed by atoms with Crippen molar-refractivity contribution in [2.75, 3.05) is 7.11 Å². The lowest BCUT2D eigenvalue weighted by Crippen LogP contribution is -2.58. The van der Waals surface area contributed by atoms with E-state index in [4.69, 9.17) is 18.6 Å². The van der Waals surface area contributed by atoms with Gasteiger partial charge >= 0.3 is 0 Å². The molecule has 1 saturated heterocycles. The van der Waals surface area contributed by atoms with Gasteiger partial charge in [-0.05, 0) is 51.0 Å². The molecule has 0 radical (unpaired) electrons. The molecule has 1 fully saturated rings. The highest BCUT2D eigenvalue weighted by atomic mass is 16.7. The van der Waals surface area contributed by atoms with Crippen LogP contribution in [0.2, 0.25) is 0 Å². The Labute approximate surface area is 212 Å². The maximum absolute atomic E-state index is 13.8. The fourth-order valence-electron chi connectivity index (χ4n) is 4.22. The molecule has 0 amide bonds. The van der Waals surface area contributed by atoms with Crippen LogP contribution in [0.5, 0.6) is 23.0 Å². The first-order valence-electron chi connectivity index (χ1n) is 11.7. The first-order chi connectivity index (χ1) is 17.5. The molecule has 198 valence electrons. The van der Waals surface area contributed by atoms with Crippen LogP contribution < -0.4 is 14.9 Å². The highest BCUT2D eigenvalue weighted by Gasteiger charge is 2.44. The summed E-state index contributed by atoms with van der Waals surface area (Å²) >= 11 is 0. The third kappa shape index (κ3) is 5.01. The number of benzene rings is 2. The second kappa shape index (κ2) is 10.4. The van der Waals surface area contributed by atoms with Crippen molar-refractivity contribution < 1.29 is 44.2 Å². The molecular weight excluding hydrogens is 484 g/mol. The van der Waals surface area contributed by atoms with Crippen molar-refractivity contribution in [3.8, 4) is 34.3 Å². The Morgan fingerprint density at radius 3 is 2.35 bits per heavy atom. The minimum Gasteiger partial charge on any atom is -0.507 e. The summed E-state index contributed by atoms with van der Waals surface area (Å²) in [6, 6.07) is 7.56. The van der Waals surface area contributed by atoms with Crippen LogP contribution in [-0.4, -0.2) is 63.3 Å². The van der Waals surface area contributed by atoms with Crippen molar-refractivity contribution in [2.24, 2.45) is 0 Å². The Balaban J connectivity index is 1.95. The summed E-state index contributed by atoms with van der Waals surface area (Å²) < 4.78 is 22.7. The van der Waals surface area contributed by atoms with Crippen LogP contribution in [0.25, 0.3) is 22.3 Å². The molecule has 0 spiro atoms. The molecule has 10 nitrogen and oxygen atoms in total. The summed E-state index contributed by atoms with van der Waals surface area (Å²) in [6.07, 6.45) is -6.32. The number of hydrogen-bond acceptors (Lipinski definition) is 10. The van der Waals surface area contributed by atoms with Crippen molar-refractivity contribution in [2.45, 2.75) is 57.4 Å². The Kier molecular flexibility index (Phi) is 7.47. The summed E-state index contributed by atoms with van der Waals surface area (Å²) in [7, 11) is 1.50. The van der Waals surface area contributed by atoms with Gasteiger partial charge in [-0.15, -0.1) is 6.58 Å². The number of methoxy groups -OCH3 is 1. The monoisotopic (exact) mass is 514 g/mol. The molecule has 1 aliphatic heterocycles. The second-order valence-corrected chi connectivity index (χ2v) is 9.17. The first-order valence-corrected chi connectivity index (χ1v) is 11.7. The fraction of sp³-hybridized carbons (Fsp3) is 0.370. The van der Waals surface area contributed by atoms with Crippen LogP contribution in [0.1, 0.15) is 25.8 Å². The average Bonchev–Trinajstić information content (AvgIpc) is 2.86. The number of rotatable bonds is 7. The SMILES string of the molecule is C=C(C)CCc1c(O)cc(O)c2c(=O)c(O[C@@H]3O[C@@H](C)[C@H](O)[C@@H](O)[C@H]3O)c(-c3ccc(OC)cc3)oc12. The van der Waals surface area contributed by atoms with Gasteiger partial charge in [-0.2, -0.15) is 0 Å². The molecule has 2 heterocycles. The second-order valence-electron chi connectivity index (χ2n) is 9.17. The fourth-order valence-corrected chi connectivity index (χ4v) is 4.22. The first kappa shape index (κ1) is 26.5. The van der Waals surface area contributed by atoms with E-state index in [2.05, 4.69) is 6.58 Å². The number of aromatic hydroxyl groups is 2. The molecule has 0 bridgehead atoms. The Morgan fingerprint density at radius 2 is 1.73 bits per heavy atom. The van der Waals surface area contributed by atoms with Gasteiger partial charge in [0.15, 0.2) is 5.76 Å². The summed E-state index contributed by atoms with van der Waals surface area (Å²) in [6.45, 7) is 7.17. The number of aryl methyl sites for hydroxylation is 1. The Morgan fingerprint density at radius 1 is 1.05 bits per heavy atom. The lowest BCUT2D eigenvalue weighted by Gasteiger charge is -2.38. The van der Waals surface area contributed by atoms with Crippen molar-refractivity contribution in [1.29, 1.82) is 0 Å². The van der Waals surface area contributed by atoms with Crippen LogP contribution in [-0.2, 0) is 11.2 Å². The van der Waals surface area contributed by atoms with Gasteiger partial charge in [0, 0.05) is 17.2 Å². The summed E-state index contributed by atoms with van der Waals surface area (Å²) in [5.41, 5.74) is 0.718. The van der Waals surface area contributed by atoms with Gasteiger partial charge < -0.3 is 44.2 Å². The molecular formula is C27H30O10. The van der Waals surface area contributed by atoms with E-state index in [-0.39, 0.29) is 28.9 Å². The van der Waals surface area contributed by atoms with E-state index >= 15 is 0 Å². The van der Waals surface area contributed by atoms with Gasteiger partial charge in [0.05, 0.1) is 13.2 Å². The number of phenolic OH excluding ortho intramolecular Hbond substituents is 2. The number of ether oxygens (including phenoxy) is 3. The molecule has 0 saturated carbocycles. The molecule has 4 rings (SSSR count). The van der Waals surface area contributed by atoms with Gasteiger partial charge in [0.25, 0.3) is 0 Å². The lowest BCUT2D eigenvalue weighted by molar-refractivity contribution is -0.268. The normalized spacial score (nSPS) is 23.7. The number of phenols is 2. The zero-order valence-electron chi connectivity index (χ0n) is 20.7. The average molecular weight is 515 g/mol. The van der Waals surface area contributed by atoms with Crippen LogP contribution in [0.15, 0.2) is 51.7 Å². The van der Waals surface area contributed by atoms with Gasteiger partial charge in [0.2, 0.25) is 17.5 Å². The summed E-state index contributed by atoms with van der Waals surface area (Å²) in [5, 5.41) is 51.6. The van der Waals surface area contributed by atoms with E-state index in [0.717, 1.165) is 11.6 Å². The Hall–Kier alpha value is -3.57. The predicted octanol–water partition coefficient (Wildman–Crippen LogP) is 2.59. The number of allylic oxidation sites excluding steroid dienone is 1. The zero-order chi connectivity index (χ0) is 27.0. The molecule has 2 aromatic carbocycles. The van der Waals surface area contributed by atoms with E-state index in [9.17, 15) is 30.3 Å². The minimum atomic E-state index is -1.69. The molecule has 10 heteroatoms. The van der Waals surface area contributed by atoms with E-state index in [1.807, 2.05) is 6.92 Å². The van der Waals surface area contributed by atoms with Crippen molar-refractivity contribution in [3.05, 3.63) is 58.3 Å². The van der Waals surface area contributed by atoms with Crippen LogP contribution in [0, 0.1) is 0 Å². The Bertz CT molecular complexity index is 1360. The van der Waals surface area contributed by atoms with E-state index in [1.54, 1.807) is 24.3 Å². The van der Waals surface area contributed by atoms with E-state index in [1.165, 1.54) is 14.0 Å². The van der Waals surface area contributed by atoms with Gasteiger partial charge in [-0.3, -0.25) is 4.79 Å². The van der Waals surface area contributed by atoms with Crippen LogP contribution in [0.3, 0.4) is 0 Å². The third-order valence-electron chi connectivity index (χ3n) is 6.38. The molecule has 1 aliphatic rings. The van der Waals surface area contributed by atoms with Crippen molar-refractivity contribution in [3.63, 3.8) is 0 Å².